The fraction of sp³-hybridized carbons (Fsp3) is 0.294. The van der Waals surface area contributed by atoms with Gasteiger partial charge in [0, 0.05) is 24.2 Å². The van der Waals surface area contributed by atoms with Crippen molar-refractivity contribution in [2.24, 2.45) is 0 Å². The maximum absolute atomic E-state index is 12.7. The number of halogens is 1. The van der Waals surface area contributed by atoms with Crippen LogP contribution in [0.25, 0.3) is 5.65 Å². The van der Waals surface area contributed by atoms with E-state index in [4.69, 9.17) is 11.6 Å². The Morgan fingerprint density at radius 2 is 2.04 bits per heavy atom. The Morgan fingerprint density at radius 1 is 1.26 bits per heavy atom. The molecule has 0 N–H and O–H groups in total. The Morgan fingerprint density at radius 3 is 2.74 bits per heavy atom. The van der Waals surface area contributed by atoms with Gasteiger partial charge < -0.3 is 0 Å². The molecule has 6 heteroatoms. The Bertz CT molecular complexity index is 916. The Hall–Kier alpha value is -1.69. The summed E-state index contributed by atoms with van der Waals surface area (Å²) in [4.78, 5) is 20.5. The average Bonchev–Trinajstić information content (AvgIpc) is 2.90. The molecule has 0 radical (unpaired) electrons. The lowest BCUT2D eigenvalue weighted by Gasteiger charge is -2.17. The lowest BCUT2D eigenvalue weighted by atomic mass is 10.2. The third-order valence-corrected chi connectivity index (χ3v) is 5.22. The van der Waals surface area contributed by atoms with Gasteiger partial charge >= 0.3 is 0 Å². The molecule has 3 aromatic heterocycles. The molecule has 4 nitrogen and oxygen atoms in total. The van der Waals surface area contributed by atoms with Gasteiger partial charge in [0.05, 0.1) is 5.56 Å². The molecule has 0 saturated heterocycles. The smallest absolute Gasteiger partial charge is 0.263 e. The highest BCUT2D eigenvalue weighted by Gasteiger charge is 2.15. The molecule has 0 spiro atoms. The van der Waals surface area contributed by atoms with Gasteiger partial charge in [-0.05, 0) is 49.5 Å². The van der Waals surface area contributed by atoms with Crippen molar-refractivity contribution >= 4 is 28.6 Å². The van der Waals surface area contributed by atoms with E-state index in [0.717, 1.165) is 12.1 Å². The molecule has 120 valence electrons. The van der Waals surface area contributed by atoms with Gasteiger partial charge in [0.15, 0.2) is 0 Å². The predicted molar refractivity (Wildman–Crippen MR) is 95.4 cm³/mol. The van der Waals surface area contributed by atoms with E-state index in [2.05, 4.69) is 28.3 Å². The van der Waals surface area contributed by atoms with Crippen molar-refractivity contribution in [2.45, 2.75) is 26.9 Å². The van der Waals surface area contributed by atoms with Crippen LogP contribution in [0, 0.1) is 13.8 Å². The molecule has 23 heavy (non-hydrogen) atoms. The quantitative estimate of drug-likeness (QED) is 0.676. The normalized spacial score (nSPS) is 11.5. The molecule has 0 saturated carbocycles. The van der Waals surface area contributed by atoms with E-state index >= 15 is 0 Å². The summed E-state index contributed by atoms with van der Waals surface area (Å²) in [6, 6.07) is 5.88. The molecule has 0 aliphatic heterocycles. The second-order valence-corrected chi connectivity index (χ2v) is 7.13. The van der Waals surface area contributed by atoms with Crippen LogP contribution in [-0.4, -0.2) is 21.3 Å². The number of nitrogens with zero attached hydrogens (tertiary/aromatic N) is 3. The monoisotopic (exact) mass is 347 g/mol. The van der Waals surface area contributed by atoms with E-state index in [1.165, 1.54) is 10.4 Å². The maximum Gasteiger partial charge on any atom is 0.263 e. The van der Waals surface area contributed by atoms with Gasteiger partial charge in [0.1, 0.15) is 10.8 Å². The van der Waals surface area contributed by atoms with Gasteiger partial charge in [-0.25, -0.2) is 4.98 Å². The van der Waals surface area contributed by atoms with E-state index in [1.807, 2.05) is 26.1 Å². The first-order chi connectivity index (χ1) is 11.0. The number of hydrogen-bond acceptors (Lipinski definition) is 4. The maximum atomic E-state index is 12.7. The first-order valence-corrected chi connectivity index (χ1v) is 8.61. The second kappa shape index (κ2) is 6.43. The molecule has 0 amide bonds. The highest BCUT2D eigenvalue weighted by Crippen LogP contribution is 2.19. The number of aromatic nitrogens is 2. The van der Waals surface area contributed by atoms with Gasteiger partial charge in [0.25, 0.3) is 5.56 Å². The van der Waals surface area contributed by atoms with Gasteiger partial charge in [0.2, 0.25) is 0 Å². The molecular weight excluding hydrogens is 330 g/mol. The van der Waals surface area contributed by atoms with Crippen molar-refractivity contribution < 1.29 is 0 Å². The minimum Gasteiger partial charge on any atom is -0.297 e. The van der Waals surface area contributed by atoms with Crippen molar-refractivity contribution in [3.63, 3.8) is 0 Å². The zero-order chi connectivity index (χ0) is 16.6. The predicted octanol–water partition coefficient (Wildman–Crippen LogP) is 3.66. The fourth-order valence-electron chi connectivity index (χ4n) is 2.58. The first kappa shape index (κ1) is 16.2. The summed E-state index contributed by atoms with van der Waals surface area (Å²) in [5, 5.41) is 2.37. The van der Waals surface area contributed by atoms with Crippen LogP contribution in [-0.2, 0) is 13.1 Å². The van der Waals surface area contributed by atoms with Crippen molar-refractivity contribution in [1.29, 1.82) is 0 Å². The highest BCUT2D eigenvalue weighted by molar-refractivity contribution is 7.10. The summed E-state index contributed by atoms with van der Waals surface area (Å²) in [5.74, 6) is 0. The summed E-state index contributed by atoms with van der Waals surface area (Å²) >= 11 is 8.02. The third kappa shape index (κ3) is 3.17. The van der Waals surface area contributed by atoms with Crippen LogP contribution in [0.5, 0.6) is 0 Å². The summed E-state index contributed by atoms with van der Waals surface area (Å²) < 4.78 is 1.57. The number of aryl methyl sites for hydroxylation is 2. The van der Waals surface area contributed by atoms with E-state index in [9.17, 15) is 4.79 Å². The van der Waals surface area contributed by atoms with Crippen molar-refractivity contribution in [3.8, 4) is 0 Å². The Kier molecular flexibility index (Phi) is 4.53. The van der Waals surface area contributed by atoms with Crippen LogP contribution in [0.15, 0.2) is 34.6 Å². The van der Waals surface area contributed by atoms with Gasteiger partial charge in [-0.1, -0.05) is 17.7 Å². The van der Waals surface area contributed by atoms with Crippen LogP contribution >= 0.6 is 22.9 Å². The summed E-state index contributed by atoms with van der Waals surface area (Å²) in [6.45, 7) is 5.28. The van der Waals surface area contributed by atoms with Gasteiger partial charge in [-0.15, -0.1) is 11.3 Å². The lowest BCUT2D eigenvalue weighted by Crippen LogP contribution is -2.27. The minimum absolute atomic E-state index is 0.0987. The Balaban J connectivity index is 1.94. The van der Waals surface area contributed by atoms with Crippen molar-refractivity contribution in [1.82, 2.24) is 14.3 Å². The van der Waals surface area contributed by atoms with Gasteiger partial charge in [-0.2, -0.15) is 0 Å². The van der Waals surface area contributed by atoms with E-state index in [0.29, 0.717) is 22.9 Å². The number of pyridine rings is 1. The average molecular weight is 348 g/mol. The van der Waals surface area contributed by atoms with Crippen molar-refractivity contribution in [2.75, 3.05) is 7.05 Å². The zero-order valence-electron chi connectivity index (χ0n) is 13.3. The number of thiophene rings is 1. The molecular formula is C17H18ClN3OS. The Labute approximate surface area is 144 Å². The van der Waals surface area contributed by atoms with E-state index in [-0.39, 0.29) is 5.56 Å². The van der Waals surface area contributed by atoms with E-state index < -0.39 is 0 Å². The molecule has 0 aromatic carbocycles. The van der Waals surface area contributed by atoms with Gasteiger partial charge in [-0.3, -0.25) is 14.1 Å². The number of fused-ring (bicyclic) bond motifs is 1. The first-order valence-electron chi connectivity index (χ1n) is 7.35. The van der Waals surface area contributed by atoms with Crippen LogP contribution in [0.1, 0.15) is 21.6 Å². The molecule has 0 atom stereocenters. The molecule has 0 bridgehead atoms. The summed E-state index contributed by atoms with van der Waals surface area (Å²) in [6.07, 6.45) is 1.74. The molecule has 0 unspecified atom stereocenters. The van der Waals surface area contributed by atoms with Crippen LogP contribution in [0.4, 0.5) is 0 Å². The zero-order valence-corrected chi connectivity index (χ0v) is 14.9. The topological polar surface area (TPSA) is 37.6 Å². The molecule has 3 rings (SSSR count). The standard InChI is InChI=1S/C17H18ClN3OS/c1-11-6-8-23-14(11)10-20(3)9-13-15(18)19-16-12(2)5-4-7-21(16)17(13)22/h4-8H,9-10H2,1-3H3. The van der Waals surface area contributed by atoms with Crippen LogP contribution in [0.2, 0.25) is 5.15 Å². The largest absolute Gasteiger partial charge is 0.297 e. The molecule has 0 aliphatic rings. The lowest BCUT2D eigenvalue weighted by molar-refractivity contribution is 0.319. The fourth-order valence-corrected chi connectivity index (χ4v) is 3.78. The summed E-state index contributed by atoms with van der Waals surface area (Å²) in [5.41, 5.74) is 3.26. The molecule has 0 fully saturated rings. The molecule has 3 aromatic rings. The third-order valence-electron chi connectivity index (χ3n) is 3.90. The molecule has 3 heterocycles. The van der Waals surface area contributed by atoms with Crippen LogP contribution < -0.4 is 5.56 Å². The molecule has 0 aliphatic carbocycles. The number of hydrogen-bond donors (Lipinski definition) is 0. The second-order valence-electron chi connectivity index (χ2n) is 5.77. The number of rotatable bonds is 4. The summed E-state index contributed by atoms with van der Waals surface area (Å²) in [7, 11) is 1.99. The van der Waals surface area contributed by atoms with E-state index in [1.54, 1.807) is 21.9 Å². The minimum atomic E-state index is -0.0987. The SMILES string of the molecule is Cc1ccsc1CN(C)Cc1c(Cl)nc2c(C)cccn2c1=O. The van der Waals surface area contributed by atoms with Crippen LogP contribution in [0.3, 0.4) is 0 Å². The highest BCUT2D eigenvalue weighted by atomic mass is 35.5. The van der Waals surface area contributed by atoms with Crippen molar-refractivity contribution in [3.05, 3.63) is 66.9 Å².